The molecule has 1 heterocycles. The predicted octanol–water partition coefficient (Wildman–Crippen LogP) is 5.19. The van der Waals surface area contributed by atoms with Crippen LogP contribution in [0.3, 0.4) is 0 Å². The SMILES string of the molecule is CNC1OC(c2ccccc2Cl)c2cc(Cl)ccc2N(Cc2ccccc2)C1=O. The molecule has 3 aromatic rings. The second kappa shape index (κ2) is 8.56. The first-order chi connectivity index (χ1) is 14.1. The van der Waals surface area contributed by atoms with E-state index in [0.717, 1.165) is 22.4 Å². The Morgan fingerprint density at radius 3 is 2.41 bits per heavy atom. The van der Waals surface area contributed by atoms with Gasteiger partial charge in [0.25, 0.3) is 5.91 Å². The van der Waals surface area contributed by atoms with Crippen molar-refractivity contribution in [3.63, 3.8) is 0 Å². The maximum absolute atomic E-state index is 13.4. The van der Waals surface area contributed by atoms with Crippen molar-refractivity contribution in [2.24, 2.45) is 0 Å². The first-order valence-corrected chi connectivity index (χ1v) is 10.1. The summed E-state index contributed by atoms with van der Waals surface area (Å²) < 4.78 is 6.24. The Bertz CT molecular complexity index is 1030. The molecule has 0 bridgehead atoms. The van der Waals surface area contributed by atoms with Crippen LogP contribution in [0.5, 0.6) is 0 Å². The molecule has 0 fully saturated rings. The van der Waals surface area contributed by atoms with Crippen molar-refractivity contribution in [3.8, 4) is 0 Å². The van der Waals surface area contributed by atoms with Crippen molar-refractivity contribution < 1.29 is 9.53 Å². The zero-order valence-electron chi connectivity index (χ0n) is 15.8. The summed E-state index contributed by atoms with van der Waals surface area (Å²) in [6.07, 6.45) is -1.37. The van der Waals surface area contributed by atoms with Gasteiger partial charge in [0.2, 0.25) is 0 Å². The molecular weight excluding hydrogens is 407 g/mol. The van der Waals surface area contributed by atoms with Crippen LogP contribution < -0.4 is 10.2 Å². The molecule has 4 nitrogen and oxygen atoms in total. The van der Waals surface area contributed by atoms with E-state index < -0.39 is 12.3 Å². The Labute approximate surface area is 180 Å². The van der Waals surface area contributed by atoms with Gasteiger partial charge in [-0.05, 0) is 36.9 Å². The molecule has 0 saturated carbocycles. The third kappa shape index (κ3) is 4.02. The van der Waals surface area contributed by atoms with Crippen LogP contribution in [0, 0.1) is 0 Å². The molecule has 1 aliphatic rings. The van der Waals surface area contributed by atoms with Gasteiger partial charge in [0, 0.05) is 21.2 Å². The van der Waals surface area contributed by atoms with Gasteiger partial charge >= 0.3 is 0 Å². The van der Waals surface area contributed by atoms with E-state index >= 15 is 0 Å². The number of carbonyl (C=O) groups excluding carboxylic acids is 1. The molecule has 6 heteroatoms. The number of hydrogen-bond acceptors (Lipinski definition) is 3. The average molecular weight is 427 g/mol. The molecule has 0 radical (unpaired) electrons. The minimum absolute atomic E-state index is 0.172. The van der Waals surface area contributed by atoms with Crippen LogP contribution in [0.15, 0.2) is 72.8 Å². The average Bonchev–Trinajstić information content (AvgIpc) is 2.84. The first kappa shape index (κ1) is 19.9. The van der Waals surface area contributed by atoms with Gasteiger partial charge in [-0.1, -0.05) is 71.7 Å². The lowest BCUT2D eigenvalue weighted by molar-refractivity contribution is -0.134. The lowest BCUT2D eigenvalue weighted by Gasteiger charge is -2.25. The Kier molecular flexibility index (Phi) is 5.88. The van der Waals surface area contributed by atoms with Crippen LogP contribution in [-0.2, 0) is 16.1 Å². The van der Waals surface area contributed by atoms with Crippen LogP contribution in [0.25, 0.3) is 0 Å². The summed E-state index contributed by atoms with van der Waals surface area (Å²) in [5.74, 6) is -0.172. The fourth-order valence-corrected chi connectivity index (χ4v) is 3.97. The number of hydrogen-bond donors (Lipinski definition) is 1. The lowest BCUT2D eigenvalue weighted by Crippen LogP contribution is -2.45. The Balaban J connectivity index is 1.87. The van der Waals surface area contributed by atoms with Crippen LogP contribution in [0.2, 0.25) is 10.0 Å². The number of fused-ring (bicyclic) bond motifs is 1. The number of amides is 1. The molecule has 0 aliphatic carbocycles. The number of likely N-dealkylation sites (N-methyl/N-ethyl adjacent to an activating group) is 1. The summed E-state index contributed by atoms with van der Waals surface area (Å²) in [6.45, 7) is 0.422. The summed E-state index contributed by atoms with van der Waals surface area (Å²) in [5.41, 5.74) is 3.36. The van der Waals surface area contributed by atoms with Gasteiger partial charge in [-0.15, -0.1) is 0 Å². The highest BCUT2D eigenvalue weighted by atomic mass is 35.5. The van der Waals surface area contributed by atoms with Gasteiger partial charge in [-0.2, -0.15) is 0 Å². The van der Waals surface area contributed by atoms with Gasteiger partial charge in [-0.3, -0.25) is 10.1 Å². The zero-order chi connectivity index (χ0) is 20.4. The highest BCUT2D eigenvalue weighted by Gasteiger charge is 2.36. The molecule has 0 aromatic heterocycles. The van der Waals surface area contributed by atoms with Crippen molar-refractivity contribution in [1.29, 1.82) is 0 Å². The number of carbonyl (C=O) groups is 1. The molecule has 1 N–H and O–H groups in total. The topological polar surface area (TPSA) is 41.6 Å². The van der Waals surface area contributed by atoms with E-state index in [1.807, 2.05) is 66.7 Å². The van der Waals surface area contributed by atoms with Gasteiger partial charge in [0.05, 0.1) is 12.2 Å². The summed E-state index contributed by atoms with van der Waals surface area (Å²) >= 11 is 12.8. The number of rotatable bonds is 4. The molecule has 4 rings (SSSR count). The first-order valence-electron chi connectivity index (χ1n) is 9.30. The van der Waals surface area contributed by atoms with Gasteiger partial charge in [-0.25, -0.2) is 0 Å². The van der Waals surface area contributed by atoms with E-state index in [1.165, 1.54) is 0 Å². The maximum atomic E-state index is 13.4. The quantitative estimate of drug-likeness (QED) is 0.623. The van der Waals surface area contributed by atoms with Crippen molar-refractivity contribution in [1.82, 2.24) is 5.32 Å². The molecule has 0 spiro atoms. The van der Waals surface area contributed by atoms with Gasteiger partial charge in [0.1, 0.15) is 6.10 Å². The molecular formula is C23H20Cl2N2O2. The van der Waals surface area contributed by atoms with Crippen LogP contribution >= 0.6 is 23.2 Å². The third-order valence-corrected chi connectivity index (χ3v) is 5.54. The molecule has 29 heavy (non-hydrogen) atoms. The summed E-state index contributed by atoms with van der Waals surface area (Å²) in [6, 6.07) is 22.8. The minimum atomic E-state index is -0.828. The van der Waals surface area contributed by atoms with Crippen molar-refractivity contribution in [3.05, 3.63) is 99.5 Å². The molecule has 2 atom stereocenters. The van der Waals surface area contributed by atoms with Crippen molar-refractivity contribution in [2.75, 3.05) is 11.9 Å². The second-order valence-electron chi connectivity index (χ2n) is 6.82. The monoisotopic (exact) mass is 426 g/mol. The highest BCUT2D eigenvalue weighted by molar-refractivity contribution is 6.31. The fourth-order valence-electron chi connectivity index (χ4n) is 3.56. The Morgan fingerprint density at radius 1 is 0.966 bits per heavy atom. The Hall–Kier alpha value is -2.37. The number of halogens is 2. The molecule has 1 amide bonds. The van der Waals surface area contributed by atoms with Crippen molar-refractivity contribution in [2.45, 2.75) is 18.9 Å². The summed E-state index contributed by atoms with van der Waals surface area (Å²) in [7, 11) is 1.70. The third-order valence-electron chi connectivity index (χ3n) is 4.96. The normalized spacial score (nSPS) is 19.0. The number of anilines is 1. The van der Waals surface area contributed by atoms with E-state index in [0.29, 0.717) is 16.6 Å². The lowest BCUT2D eigenvalue weighted by atomic mass is 9.99. The molecule has 0 saturated heterocycles. The number of nitrogens with zero attached hydrogens (tertiary/aromatic N) is 1. The highest BCUT2D eigenvalue weighted by Crippen LogP contribution is 2.41. The smallest absolute Gasteiger partial charge is 0.271 e. The van der Waals surface area contributed by atoms with E-state index in [-0.39, 0.29) is 5.91 Å². The predicted molar refractivity (Wildman–Crippen MR) is 116 cm³/mol. The minimum Gasteiger partial charge on any atom is -0.341 e. The van der Waals surface area contributed by atoms with Gasteiger partial charge in [0.15, 0.2) is 6.23 Å². The molecule has 3 aromatic carbocycles. The fraction of sp³-hybridized carbons (Fsp3) is 0.174. The van der Waals surface area contributed by atoms with Crippen LogP contribution in [0.4, 0.5) is 5.69 Å². The van der Waals surface area contributed by atoms with E-state index in [4.69, 9.17) is 27.9 Å². The van der Waals surface area contributed by atoms with Crippen molar-refractivity contribution >= 4 is 34.8 Å². The molecule has 1 aliphatic heterocycles. The number of nitrogens with one attached hydrogen (secondary N) is 1. The zero-order valence-corrected chi connectivity index (χ0v) is 17.3. The Morgan fingerprint density at radius 2 is 1.69 bits per heavy atom. The summed E-state index contributed by atoms with van der Waals surface area (Å²) in [4.78, 5) is 15.1. The standard InChI is InChI=1S/C23H20Cl2N2O2/c1-26-22-23(28)27(14-15-7-3-2-4-8-15)20-12-11-16(24)13-18(20)21(29-22)17-9-5-6-10-19(17)25/h2-13,21-22,26H,14H2,1H3. The summed E-state index contributed by atoms with van der Waals surface area (Å²) in [5, 5.41) is 4.13. The van der Waals surface area contributed by atoms with Gasteiger partial charge < -0.3 is 9.64 Å². The van der Waals surface area contributed by atoms with E-state index in [1.54, 1.807) is 18.0 Å². The number of ether oxygens (including phenoxy) is 1. The second-order valence-corrected chi connectivity index (χ2v) is 7.66. The molecule has 2 unspecified atom stereocenters. The number of benzene rings is 3. The van der Waals surface area contributed by atoms with Crippen LogP contribution in [-0.4, -0.2) is 19.2 Å². The van der Waals surface area contributed by atoms with E-state index in [9.17, 15) is 4.79 Å². The largest absolute Gasteiger partial charge is 0.341 e. The molecule has 148 valence electrons. The maximum Gasteiger partial charge on any atom is 0.271 e. The van der Waals surface area contributed by atoms with E-state index in [2.05, 4.69) is 5.32 Å². The van der Waals surface area contributed by atoms with Crippen LogP contribution in [0.1, 0.15) is 22.8 Å².